The Labute approximate surface area is 140 Å². The molecular formula is C17H14F4N2O2. The molecule has 0 bridgehead atoms. The van der Waals surface area contributed by atoms with Crippen molar-refractivity contribution in [3.63, 3.8) is 0 Å². The summed E-state index contributed by atoms with van der Waals surface area (Å²) in [6, 6.07) is 5.44. The Hall–Kier alpha value is -2.35. The number of fused-ring (bicyclic) bond motifs is 2. The van der Waals surface area contributed by atoms with Gasteiger partial charge in [-0.25, -0.2) is 14.4 Å². The molecule has 1 unspecified atom stereocenters. The van der Waals surface area contributed by atoms with Crippen LogP contribution in [0.4, 0.5) is 29.1 Å². The summed E-state index contributed by atoms with van der Waals surface area (Å²) in [7, 11) is 0. The lowest BCUT2D eigenvalue weighted by Gasteiger charge is -2.39. The Kier molecular flexibility index (Phi) is 3.44. The number of ether oxygens (including phenoxy) is 1. The van der Waals surface area contributed by atoms with Crippen LogP contribution in [0.1, 0.15) is 24.0 Å². The zero-order valence-corrected chi connectivity index (χ0v) is 12.9. The first kappa shape index (κ1) is 16.1. The number of hydrogen-bond acceptors (Lipinski definition) is 3. The number of benzene rings is 1. The van der Waals surface area contributed by atoms with Gasteiger partial charge in [0.05, 0.1) is 18.4 Å². The first-order chi connectivity index (χ1) is 11.8. The summed E-state index contributed by atoms with van der Waals surface area (Å²) >= 11 is 0. The molecule has 4 rings (SSSR count). The van der Waals surface area contributed by atoms with Gasteiger partial charge in [0.1, 0.15) is 11.5 Å². The number of aromatic nitrogens is 1. The zero-order chi connectivity index (χ0) is 17.8. The minimum atomic E-state index is -4.88. The van der Waals surface area contributed by atoms with Crippen molar-refractivity contribution in [2.75, 3.05) is 11.9 Å². The van der Waals surface area contributed by atoms with Crippen LogP contribution in [0, 0.1) is 16.9 Å². The summed E-state index contributed by atoms with van der Waals surface area (Å²) in [5.74, 6) is -1.02. The monoisotopic (exact) mass is 354 g/mol. The molecule has 1 atom stereocenters. The van der Waals surface area contributed by atoms with Crippen molar-refractivity contribution in [1.29, 1.82) is 0 Å². The smallest absolute Gasteiger partial charge is 0.426 e. The summed E-state index contributed by atoms with van der Waals surface area (Å²) in [5, 5.41) is 14.7. The average Bonchev–Trinajstić information content (AvgIpc) is 3.36. The molecule has 0 spiro atoms. The number of rotatable bonds is 3. The van der Waals surface area contributed by atoms with E-state index >= 15 is 0 Å². The van der Waals surface area contributed by atoms with E-state index in [2.05, 4.69) is 5.32 Å². The van der Waals surface area contributed by atoms with Gasteiger partial charge in [-0.1, -0.05) is 0 Å². The van der Waals surface area contributed by atoms with Crippen molar-refractivity contribution in [2.24, 2.45) is 5.92 Å². The van der Waals surface area contributed by atoms with Gasteiger partial charge >= 0.3 is 6.18 Å². The Bertz CT molecular complexity index is 832. The predicted octanol–water partition coefficient (Wildman–Crippen LogP) is 3.75. The first-order valence-electron chi connectivity index (χ1n) is 7.83. The van der Waals surface area contributed by atoms with Gasteiger partial charge < -0.3 is 9.94 Å². The normalized spacial score (nSPS) is 22.1. The summed E-state index contributed by atoms with van der Waals surface area (Å²) in [6.07, 6.45) is -2.19. The van der Waals surface area contributed by atoms with E-state index in [1.54, 1.807) is 0 Å². The van der Waals surface area contributed by atoms with Crippen LogP contribution < -0.4 is 10.0 Å². The molecule has 25 heavy (non-hydrogen) atoms. The number of anilines is 2. The molecule has 132 valence electrons. The van der Waals surface area contributed by atoms with Crippen molar-refractivity contribution >= 4 is 11.5 Å². The van der Waals surface area contributed by atoms with Crippen molar-refractivity contribution in [3.8, 4) is 0 Å². The molecule has 1 fully saturated rings. The van der Waals surface area contributed by atoms with Crippen LogP contribution in [-0.2, 0) is 10.3 Å². The third-order valence-electron chi connectivity index (χ3n) is 4.58. The number of halogens is 4. The molecular weight excluding hydrogens is 340 g/mol. The molecule has 0 saturated heterocycles. The molecule has 8 heteroatoms. The molecule has 1 N–H and O–H groups in total. The molecule has 0 amide bonds. The highest BCUT2D eigenvalue weighted by atomic mass is 19.4. The molecule has 1 aromatic carbocycles. The van der Waals surface area contributed by atoms with Crippen LogP contribution >= 0.6 is 0 Å². The Morgan fingerprint density at radius 2 is 2.00 bits per heavy atom. The lowest BCUT2D eigenvalue weighted by molar-refractivity contribution is -0.591. The summed E-state index contributed by atoms with van der Waals surface area (Å²) in [5.41, 5.74) is -3.63. The highest BCUT2D eigenvalue weighted by molar-refractivity contribution is 5.71. The minimum absolute atomic E-state index is 0.00202. The standard InChI is InChI=1S/C17H14F4N2O2/c18-11-5-6-14-13(8-11)16(17(19,20)21,25-9-10-3-4-10)12-2-1-7-23(24)15(12)22-14/h1-2,5-8,10,22H,3-4,9H2. The molecule has 2 aliphatic rings. The molecule has 4 nitrogen and oxygen atoms in total. The number of alkyl halides is 3. The molecule has 0 radical (unpaired) electrons. The van der Waals surface area contributed by atoms with Crippen molar-refractivity contribution in [2.45, 2.75) is 24.6 Å². The zero-order valence-electron chi connectivity index (χ0n) is 12.9. The van der Waals surface area contributed by atoms with E-state index in [0.717, 1.165) is 31.2 Å². The van der Waals surface area contributed by atoms with Gasteiger partial charge in [-0.15, -0.1) is 0 Å². The van der Waals surface area contributed by atoms with Gasteiger partial charge in [0, 0.05) is 5.56 Å². The third kappa shape index (κ3) is 2.43. The van der Waals surface area contributed by atoms with E-state index in [9.17, 15) is 22.8 Å². The largest absolute Gasteiger partial charge is 0.711 e. The molecule has 1 aliphatic carbocycles. The number of pyridine rings is 1. The Morgan fingerprint density at radius 3 is 2.68 bits per heavy atom. The van der Waals surface area contributed by atoms with E-state index in [4.69, 9.17) is 4.74 Å². The van der Waals surface area contributed by atoms with Gasteiger partial charge in [-0.05, 0) is 49.1 Å². The number of hydrogen-bond donors (Lipinski definition) is 1. The SMILES string of the molecule is [O-][n+]1cccc2c1Nc1ccc(F)cc1C2(OCC1CC1)C(F)(F)F. The average molecular weight is 354 g/mol. The number of nitrogens with zero attached hydrogens (tertiary/aromatic N) is 1. The molecule has 1 saturated carbocycles. The van der Waals surface area contributed by atoms with Crippen LogP contribution in [0.15, 0.2) is 36.5 Å². The van der Waals surface area contributed by atoms with Crippen LogP contribution in [0.2, 0.25) is 0 Å². The second kappa shape index (κ2) is 5.32. The second-order valence-electron chi connectivity index (χ2n) is 6.34. The van der Waals surface area contributed by atoms with Gasteiger partial charge in [-0.3, -0.25) is 0 Å². The van der Waals surface area contributed by atoms with Gasteiger partial charge in [0.25, 0.3) is 5.82 Å². The quantitative estimate of drug-likeness (QED) is 0.519. The lowest BCUT2D eigenvalue weighted by Crippen LogP contribution is -2.51. The number of nitrogens with one attached hydrogen (secondary N) is 1. The summed E-state index contributed by atoms with van der Waals surface area (Å²) in [6.45, 7) is -0.108. The molecule has 1 aromatic heterocycles. The third-order valence-corrected chi connectivity index (χ3v) is 4.58. The highest BCUT2D eigenvalue weighted by Gasteiger charge is 2.64. The Morgan fingerprint density at radius 1 is 1.24 bits per heavy atom. The van der Waals surface area contributed by atoms with Crippen LogP contribution in [-0.4, -0.2) is 12.8 Å². The fourth-order valence-corrected chi connectivity index (χ4v) is 3.16. The second-order valence-corrected chi connectivity index (χ2v) is 6.34. The Balaban J connectivity index is 1.99. The van der Waals surface area contributed by atoms with E-state index in [0.29, 0.717) is 4.73 Å². The van der Waals surface area contributed by atoms with E-state index in [1.165, 1.54) is 18.2 Å². The fraction of sp³-hybridized carbons (Fsp3) is 0.353. The van der Waals surface area contributed by atoms with E-state index in [-0.39, 0.29) is 35.2 Å². The van der Waals surface area contributed by atoms with Crippen molar-refractivity contribution < 1.29 is 27.0 Å². The van der Waals surface area contributed by atoms with Crippen LogP contribution in [0.3, 0.4) is 0 Å². The van der Waals surface area contributed by atoms with Gasteiger partial charge in [0.2, 0.25) is 5.60 Å². The topological polar surface area (TPSA) is 48.2 Å². The summed E-state index contributed by atoms with van der Waals surface area (Å²) < 4.78 is 62.4. The maximum absolute atomic E-state index is 14.3. The van der Waals surface area contributed by atoms with E-state index < -0.39 is 17.6 Å². The van der Waals surface area contributed by atoms with Gasteiger partial charge in [-0.2, -0.15) is 13.2 Å². The van der Waals surface area contributed by atoms with Crippen molar-refractivity contribution in [1.82, 2.24) is 0 Å². The van der Waals surface area contributed by atoms with Gasteiger partial charge in [0.15, 0.2) is 0 Å². The van der Waals surface area contributed by atoms with Crippen LogP contribution in [0.25, 0.3) is 0 Å². The molecule has 1 aliphatic heterocycles. The maximum Gasteiger partial charge on any atom is 0.426 e. The predicted molar refractivity (Wildman–Crippen MR) is 80.6 cm³/mol. The lowest BCUT2D eigenvalue weighted by atomic mass is 9.81. The molecule has 2 aromatic rings. The summed E-state index contributed by atoms with van der Waals surface area (Å²) in [4.78, 5) is 0. The maximum atomic E-state index is 14.3. The fourth-order valence-electron chi connectivity index (χ4n) is 3.16. The minimum Gasteiger partial charge on any atom is -0.711 e. The molecule has 2 heterocycles. The van der Waals surface area contributed by atoms with E-state index in [1.807, 2.05) is 0 Å². The first-order valence-corrected chi connectivity index (χ1v) is 7.83. The van der Waals surface area contributed by atoms with Crippen LogP contribution in [0.5, 0.6) is 0 Å². The highest BCUT2D eigenvalue weighted by Crippen LogP contribution is 2.54. The van der Waals surface area contributed by atoms with Crippen molar-refractivity contribution in [3.05, 3.63) is 58.7 Å².